The molecule has 0 saturated carbocycles. The molecule has 0 radical (unpaired) electrons. The smallest absolute Gasteiger partial charge is 0.305 e. The molecule has 0 aliphatic rings. The molecule has 2 atom stereocenters. The highest BCUT2D eigenvalue weighted by Crippen LogP contribution is 2.19. The molecule has 6 nitrogen and oxygen atoms in total. The fourth-order valence-electron chi connectivity index (χ4n) is 11.2. The molecule has 0 aromatic carbocycles. The number of nitrogens with one attached hydrogen (secondary N) is 1. The lowest BCUT2D eigenvalue weighted by atomic mass is 10.0. The van der Waals surface area contributed by atoms with Crippen LogP contribution < -0.4 is 5.32 Å². The van der Waals surface area contributed by atoms with Crippen molar-refractivity contribution < 1.29 is 24.5 Å². The summed E-state index contributed by atoms with van der Waals surface area (Å²) in [7, 11) is 0. The van der Waals surface area contributed by atoms with Crippen molar-refractivity contribution in [1.29, 1.82) is 0 Å². The third-order valence-electron chi connectivity index (χ3n) is 16.6. The molecule has 0 spiro atoms. The monoisotopic (exact) mass is 1070 g/mol. The second kappa shape index (κ2) is 66.1. The van der Waals surface area contributed by atoms with Crippen molar-refractivity contribution in [3.8, 4) is 0 Å². The molecular formula is C70H137NO5. The van der Waals surface area contributed by atoms with E-state index in [1.54, 1.807) is 0 Å². The number of hydrogen-bond donors (Lipinski definition) is 3. The summed E-state index contributed by atoms with van der Waals surface area (Å²) in [4.78, 5) is 24.6. The van der Waals surface area contributed by atoms with Gasteiger partial charge in [0.25, 0.3) is 0 Å². The maximum atomic E-state index is 12.5. The van der Waals surface area contributed by atoms with E-state index in [2.05, 4.69) is 31.3 Å². The number of carbonyl (C=O) groups is 2. The Balaban J connectivity index is 3.37. The Hall–Kier alpha value is -1.40. The Morgan fingerprint density at radius 3 is 0.934 bits per heavy atom. The van der Waals surface area contributed by atoms with E-state index in [1.165, 1.54) is 327 Å². The van der Waals surface area contributed by atoms with Gasteiger partial charge < -0.3 is 20.3 Å². The molecule has 0 rings (SSSR count). The van der Waals surface area contributed by atoms with E-state index in [-0.39, 0.29) is 18.5 Å². The number of allylic oxidation sites excluding steroid dienone is 2. The molecule has 0 aromatic heterocycles. The molecule has 0 heterocycles. The van der Waals surface area contributed by atoms with Gasteiger partial charge in [-0.25, -0.2) is 0 Å². The molecule has 0 aliphatic heterocycles. The van der Waals surface area contributed by atoms with Gasteiger partial charge in [-0.05, 0) is 51.4 Å². The SMILES string of the molecule is CCCCCCCCCCCCCCCCCCCCCC(=O)OCCCCCCCCCCCCCC/C=C\CCCCCCCCCCC(=O)NC(CO)C(O)CCCCCCCCCCCCCCCCCC. The van der Waals surface area contributed by atoms with Crippen LogP contribution in [0.4, 0.5) is 0 Å². The summed E-state index contributed by atoms with van der Waals surface area (Å²) >= 11 is 0. The molecule has 0 fully saturated rings. The van der Waals surface area contributed by atoms with Crippen molar-refractivity contribution in [3.05, 3.63) is 12.2 Å². The molecule has 0 aliphatic carbocycles. The number of esters is 1. The van der Waals surface area contributed by atoms with Crippen molar-refractivity contribution in [3.63, 3.8) is 0 Å². The van der Waals surface area contributed by atoms with Crippen LogP contribution in [0.15, 0.2) is 12.2 Å². The van der Waals surface area contributed by atoms with E-state index in [1.807, 2.05) is 0 Å². The fraction of sp³-hybridized carbons (Fsp3) is 0.943. The maximum absolute atomic E-state index is 12.5. The summed E-state index contributed by atoms with van der Waals surface area (Å²) in [5.74, 6) is -0.0176. The van der Waals surface area contributed by atoms with Crippen LogP contribution >= 0.6 is 0 Å². The summed E-state index contributed by atoms with van der Waals surface area (Å²) in [6.07, 6.45) is 81.1. The topological polar surface area (TPSA) is 95.9 Å². The maximum Gasteiger partial charge on any atom is 0.305 e. The van der Waals surface area contributed by atoms with Crippen LogP contribution in [0, 0.1) is 0 Å². The van der Waals surface area contributed by atoms with Gasteiger partial charge in [-0.1, -0.05) is 347 Å². The first-order valence-corrected chi connectivity index (χ1v) is 34.9. The molecule has 6 heteroatoms. The van der Waals surface area contributed by atoms with Crippen molar-refractivity contribution in [2.75, 3.05) is 13.2 Å². The molecular weight excluding hydrogens is 935 g/mol. The highest BCUT2D eigenvalue weighted by atomic mass is 16.5. The first kappa shape index (κ1) is 74.6. The Labute approximate surface area is 476 Å². The summed E-state index contributed by atoms with van der Waals surface area (Å²) in [6.45, 7) is 4.99. The highest BCUT2D eigenvalue weighted by Gasteiger charge is 2.20. The van der Waals surface area contributed by atoms with Gasteiger partial charge in [0.2, 0.25) is 5.91 Å². The van der Waals surface area contributed by atoms with Gasteiger partial charge in [-0.3, -0.25) is 9.59 Å². The summed E-state index contributed by atoms with van der Waals surface area (Å²) in [5, 5.41) is 23.3. The number of carbonyl (C=O) groups excluding carboxylic acids is 2. The molecule has 452 valence electrons. The molecule has 1 amide bonds. The second-order valence-corrected chi connectivity index (χ2v) is 24.2. The van der Waals surface area contributed by atoms with E-state index < -0.39 is 12.1 Å². The zero-order chi connectivity index (χ0) is 55.0. The van der Waals surface area contributed by atoms with Gasteiger partial charge >= 0.3 is 5.97 Å². The van der Waals surface area contributed by atoms with E-state index in [0.29, 0.717) is 25.9 Å². The average Bonchev–Trinajstić information content (AvgIpc) is 3.42. The van der Waals surface area contributed by atoms with E-state index in [0.717, 1.165) is 38.5 Å². The van der Waals surface area contributed by atoms with Gasteiger partial charge in [0, 0.05) is 12.8 Å². The lowest BCUT2D eigenvalue weighted by Gasteiger charge is -2.22. The first-order chi connectivity index (χ1) is 37.5. The summed E-state index contributed by atoms with van der Waals surface area (Å²) in [6, 6.07) is -0.544. The van der Waals surface area contributed by atoms with Gasteiger partial charge in [0.1, 0.15) is 0 Å². The zero-order valence-electron chi connectivity index (χ0n) is 51.8. The molecule has 0 bridgehead atoms. The van der Waals surface area contributed by atoms with Crippen LogP contribution in [0.2, 0.25) is 0 Å². The number of unbranched alkanes of at least 4 members (excludes halogenated alkanes) is 53. The largest absolute Gasteiger partial charge is 0.466 e. The molecule has 76 heavy (non-hydrogen) atoms. The van der Waals surface area contributed by atoms with Gasteiger partial charge in [-0.2, -0.15) is 0 Å². The molecule has 0 saturated heterocycles. The normalized spacial score (nSPS) is 12.5. The third kappa shape index (κ3) is 61.8. The molecule has 2 unspecified atom stereocenters. The van der Waals surface area contributed by atoms with Crippen molar-refractivity contribution in [1.82, 2.24) is 5.32 Å². The standard InChI is InChI=1S/C70H137NO5/c1-3-5-7-9-11-13-15-17-19-21-28-32-36-40-44-48-52-56-60-64-70(75)76-65-61-57-53-49-45-41-37-33-30-27-25-23-22-24-26-29-31-35-39-43-47-51-55-59-63-69(74)71-67(66-72)68(73)62-58-54-50-46-42-38-34-20-18-16-14-12-10-8-6-4-2/h24,26,67-68,72-73H,3-23,25,27-66H2,1-2H3,(H,71,74)/b26-24-. The van der Waals surface area contributed by atoms with Gasteiger partial charge in [0.05, 0.1) is 25.4 Å². The number of rotatable bonds is 66. The Morgan fingerprint density at radius 1 is 0.355 bits per heavy atom. The van der Waals surface area contributed by atoms with Crippen LogP contribution in [0.1, 0.15) is 399 Å². The zero-order valence-corrected chi connectivity index (χ0v) is 51.8. The Kier molecular flexibility index (Phi) is 64.9. The Bertz CT molecular complexity index is 1140. The minimum atomic E-state index is -0.667. The van der Waals surface area contributed by atoms with Crippen LogP contribution in [0.3, 0.4) is 0 Å². The Morgan fingerprint density at radius 2 is 0.618 bits per heavy atom. The molecule has 3 N–H and O–H groups in total. The van der Waals surface area contributed by atoms with Gasteiger partial charge in [-0.15, -0.1) is 0 Å². The van der Waals surface area contributed by atoms with E-state index in [9.17, 15) is 19.8 Å². The quantitative estimate of drug-likeness (QED) is 0.0320. The minimum Gasteiger partial charge on any atom is -0.466 e. The lowest BCUT2D eigenvalue weighted by Crippen LogP contribution is -2.45. The van der Waals surface area contributed by atoms with Crippen LogP contribution in [-0.4, -0.2) is 47.4 Å². The second-order valence-electron chi connectivity index (χ2n) is 24.2. The van der Waals surface area contributed by atoms with Gasteiger partial charge in [0.15, 0.2) is 0 Å². The molecule has 0 aromatic rings. The van der Waals surface area contributed by atoms with E-state index in [4.69, 9.17) is 4.74 Å². The van der Waals surface area contributed by atoms with Crippen LogP contribution in [-0.2, 0) is 14.3 Å². The number of hydrogen-bond acceptors (Lipinski definition) is 5. The predicted octanol–water partition coefficient (Wildman–Crippen LogP) is 22.4. The fourth-order valence-corrected chi connectivity index (χ4v) is 11.2. The minimum absolute atomic E-state index is 0.0184. The number of aliphatic hydroxyl groups is 2. The highest BCUT2D eigenvalue weighted by molar-refractivity contribution is 5.76. The predicted molar refractivity (Wildman–Crippen MR) is 333 cm³/mol. The lowest BCUT2D eigenvalue weighted by molar-refractivity contribution is -0.143. The number of aliphatic hydroxyl groups excluding tert-OH is 2. The summed E-state index contributed by atoms with van der Waals surface area (Å²) < 4.78 is 5.51. The first-order valence-electron chi connectivity index (χ1n) is 34.9. The van der Waals surface area contributed by atoms with Crippen LogP contribution in [0.5, 0.6) is 0 Å². The van der Waals surface area contributed by atoms with Crippen LogP contribution in [0.25, 0.3) is 0 Å². The number of ether oxygens (including phenoxy) is 1. The third-order valence-corrected chi connectivity index (χ3v) is 16.6. The van der Waals surface area contributed by atoms with Crippen molar-refractivity contribution in [2.45, 2.75) is 411 Å². The van der Waals surface area contributed by atoms with Crippen molar-refractivity contribution >= 4 is 11.9 Å². The number of amides is 1. The van der Waals surface area contributed by atoms with E-state index >= 15 is 0 Å². The summed E-state index contributed by atoms with van der Waals surface area (Å²) in [5.41, 5.74) is 0. The average molecular weight is 1070 g/mol. The van der Waals surface area contributed by atoms with Crippen molar-refractivity contribution in [2.24, 2.45) is 0 Å².